The number of rotatable bonds is 4. The van der Waals surface area contributed by atoms with Crippen LogP contribution in [0.4, 0.5) is 10.1 Å². The number of fused-ring (bicyclic) bond motifs is 2. The Bertz CT molecular complexity index is 1800. The molecule has 2 N–H and O–H groups in total. The van der Waals surface area contributed by atoms with Gasteiger partial charge in [-0.25, -0.2) is 18.9 Å². The molecule has 3 aromatic heterocycles. The van der Waals surface area contributed by atoms with Crippen LogP contribution in [0, 0.1) is 19.7 Å². The zero-order valence-corrected chi connectivity index (χ0v) is 21.0. The Morgan fingerprint density at radius 2 is 1.79 bits per heavy atom. The van der Waals surface area contributed by atoms with E-state index in [2.05, 4.69) is 30.7 Å². The van der Waals surface area contributed by atoms with Gasteiger partial charge in [-0.15, -0.1) is 0 Å². The maximum absolute atomic E-state index is 14.8. The van der Waals surface area contributed by atoms with Gasteiger partial charge in [-0.2, -0.15) is 5.10 Å². The fourth-order valence-corrected chi connectivity index (χ4v) is 4.54. The van der Waals surface area contributed by atoms with Crippen LogP contribution in [-0.2, 0) is 4.79 Å². The number of hydrogen-bond acceptors (Lipinski definition) is 6. The molecule has 0 fully saturated rings. The number of carbonyl (C=O) groups excluding carboxylic acids is 2. The Hall–Kier alpha value is -5.25. The minimum Gasteiger partial charge on any atom is -0.321 e. The summed E-state index contributed by atoms with van der Waals surface area (Å²) in [6.45, 7) is 3.65. The van der Waals surface area contributed by atoms with Gasteiger partial charge in [0.25, 0.3) is 11.8 Å². The summed E-state index contributed by atoms with van der Waals surface area (Å²) in [5, 5.41) is 9.82. The highest BCUT2D eigenvalue weighted by Gasteiger charge is 2.31. The second-order valence-corrected chi connectivity index (χ2v) is 9.11. The summed E-state index contributed by atoms with van der Waals surface area (Å²) in [5.74, 6) is -1.90. The van der Waals surface area contributed by atoms with Gasteiger partial charge in [-0.05, 0) is 44.2 Å². The third-order valence-corrected chi connectivity index (χ3v) is 6.33. The van der Waals surface area contributed by atoms with Crippen molar-refractivity contribution in [2.45, 2.75) is 20.0 Å². The number of para-hydroxylation sites is 1. The van der Waals surface area contributed by atoms with Gasteiger partial charge in [0.2, 0.25) is 6.17 Å². The predicted molar refractivity (Wildman–Crippen MR) is 144 cm³/mol. The van der Waals surface area contributed by atoms with Crippen molar-refractivity contribution in [2.24, 2.45) is 4.99 Å². The Morgan fingerprint density at radius 1 is 0.974 bits per heavy atom. The van der Waals surface area contributed by atoms with Gasteiger partial charge in [0.1, 0.15) is 11.5 Å². The second-order valence-electron chi connectivity index (χ2n) is 9.11. The Labute approximate surface area is 222 Å². The van der Waals surface area contributed by atoms with Crippen LogP contribution in [0.15, 0.2) is 84.0 Å². The van der Waals surface area contributed by atoms with Crippen LogP contribution in [0.3, 0.4) is 0 Å². The average molecular weight is 520 g/mol. The highest BCUT2D eigenvalue weighted by Crippen LogP contribution is 2.28. The quantitative estimate of drug-likeness (QED) is 0.371. The van der Waals surface area contributed by atoms with Gasteiger partial charge < -0.3 is 10.6 Å². The van der Waals surface area contributed by atoms with E-state index >= 15 is 0 Å². The molecule has 2 aromatic carbocycles. The van der Waals surface area contributed by atoms with Crippen LogP contribution in [-0.4, -0.2) is 43.3 Å². The first-order valence-electron chi connectivity index (χ1n) is 12.2. The SMILES string of the molecule is Cc1cc(-c2nc3ccc(C)nn3c2C(=O)N[C@H]2N=C(c3ccccc3)c3cccc(F)c3NC2=O)ccn1. The van der Waals surface area contributed by atoms with Crippen molar-refractivity contribution in [2.75, 3.05) is 5.32 Å². The molecule has 2 amide bonds. The largest absolute Gasteiger partial charge is 0.321 e. The molecule has 5 aromatic rings. The Balaban J connectivity index is 1.47. The first-order valence-corrected chi connectivity index (χ1v) is 12.2. The number of amides is 2. The maximum atomic E-state index is 14.8. The normalized spacial score (nSPS) is 14.8. The van der Waals surface area contributed by atoms with Crippen molar-refractivity contribution >= 4 is 28.9 Å². The van der Waals surface area contributed by atoms with Crippen LogP contribution in [0.1, 0.15) is 33.0 Å². The van der Waals surface area contributed by atoms with Crippen LogP contribution in [0.2, 0.25) is 0 Å². The summed E-state index contributed by atoms with van der Waals surface area (Å²) in [6, 6.07) is 20.7. The number of benzene rings is 2. The molecule has 39 heavy (non-hydrogen) atoms. The van der Waals surface area contributed by atoms with E-state index in [4.69, 9.17) is 0 Å². The number of aromatic nitrogens is 4. The fourth-order valence-electron chi connectivity index (χ4n) is 4.54. The predicted octanol–water partition coefficient (Wildman–Crippen LogP) is 4.09. The molecule has 1 aliphatic heterocycles. The molecule has 9 nitrogen and oxygen atoms in total. The van der Waals surface area contributed by atoms with Gasteiger partial charge in [0.05, 0.1) is 17.1 Å². The number of aliphatic imine (C=N–C) groups is 1. The van der Waals surface area contributed by atoms with E-state index in [1.807, 2.05) is 43.3 Å². The lowest BCUT2D eigenvalue weighted by Crippen LogP contribution is -2.43. The van der Waals surface area contributed by atoms with E-state index < -0.39 is 23.8 Å². The number of nitrogens with one attached hydrogen (secondary N) is 2. The number of halogens is 1. The molecule has 0 bridgehead atoms. The van der Waals surface area contributed by atoms with Crippen molar-refractivity contribution in [3.8, 4) is 11.3 Å². The van der Waals surface area contributed by atoms with Gasteiger partial charge in [-0.3, -0.25) is 14.6 Å². The standard InChI is InChI=1S/C29H22FN7O2/c1-16-11-12-22-32-24(19-13-14-31-17(2)15-19)26(37(22)36-16)28(38)35-27-29(39)34-25-20(9-6-10-21(25)30)23(33-27)18-7-4-3-5-8-18/h3-15,27H,1-2H3,(H,34,39)(H,35,38)/t27-/m1/s1. The summed E-state index contributed by atoms with van der Waals surface area (Å²) in [6.07, 6.45) is 0.276. The Morgan fingerprint density at radius 3 is 2.59 bits per heavy atom. The highest BCUT2D eigenvalue weighted by atomic mass is 19.1. The van der Waals surface area contributed by atoms with Crippen molar-refractivity contribution < 1.29 is 14.0 Å². The van der Waals surface area contributed by atoms with Crippen molar-refractivity contribution in [1.29, 1.82) is 0 Å². The van der Waals surface area contributed by atoms with E-state index in [9.17, 15) is 14.0 Å². The zero-order valence-electron chi connectivity index (χ0n) is 21.0. The Kier molecular flexibility index (Phi) is 5.91. The van der Waals surface area contributed by atoms with E-state index in [-0.39, 0.29) is 11.4 Å². The third-order valence-electron chi connectivity index (χ3n) is 6.33. The molecule has 0 aliphatic carbocycles. The molecule has 1 aliphatic rings. The van der Waals surface area contributed by atoms with Crippen molar-refractivity contribution in [1.82, 2.24) is 24.9 Å². The molecule has 192 valence electrons. The maximum Gasteiger partial charge on any atom is 0.274 e. The molecular weight excluding hydrogens is 497 g/mol. The lowest BCUT2D eigenvalue weighted by atomic mass is 10.0. The summed E-state index contributed by atoms with van der Waals surface area (Å²) >= 11 is 0. The summed E-state index contributed by atoms with van der Waals surface area (Å²) < 4.78 is 16.3. The molecule has 4 heterocycles. The van der Waals surface area contributed by atoms with Gasteiger partial charge in [0.15, 0.2) is 11.3 Å². The van der Waals surface area contributed by atoms with Crippen LogP contribution in [0.5, 0.6) is 0 Å². The zero-order chi connectivity index (χ0) is 27.1. The first-order chi connectivity index (χ1) is 18.9. The van der Waals surface area contributed by atoms with Gasteiger partial charge >= 0.3 is 0 Å². The number of imidazole rings is 1. The lowest BCUT2D eigenvalue weighted by Gasteiger charge is -2.14. The molecule has 10 heteroatoms. The topological polar surface area (TPSA) is 114 Å². The first kappa shape index (κ1) is 24.1. The van der Waals surface area contributed by atoms with Gasteiger partial charge in [0, 0.05) is 28.6 Å². The summed E-state index contributed by atoms with van der Waals surface area (Å²) in [5.41, 5.74) is 4.52. The molecule has 0 saturated carbocycles. The molecule has 0 saturated heterocycles. The third kappa shape index (κ3) is 4.42. The van der Waals surface area contributed by atoms with Crippen LogP contribution < -0.4 is 10.6 Å². The van der Waals surface area contributed by atoms with Crippen molar-refractivity contribution in [3.63, 3.8) is 0 Å². The lowest BCUT2D eigenvalue weighted by molar-refractivity contribution is -0.117. The molecule has 0 unspecified atom stereocenters. The van der Waals surface area contributed by atoms with E-state index in [1.54, 1.807) is 43.5 Å². The molecule has 6 rings (SSSR count). The minimum atomic E-state index is -1.36. The average Bonchev–Trinajstić information content (AvgIpc) is 3.24. The number of benzodiazepines with no additional fused rings is 1. The number of pyridine rings is 1. The molecular formula is C29H22FN7O2. The molecule has 1 atom stereocenters. The van der Waals surface area contributed by atoms with E-state index in [0.29, 0.717) is 39.4 Å². The van der Waals surface area contributed by atoms with E-state index in [1.165, 1.54) is 10.6 Å². The number of aryl methyl sites for hydroxylation is 2. The number of anilines is 1. The highest BCUT2D eigenvalue weighted by molar-refractivity contribution is 6.20. The molecule has 0 spiro atoms. The van der Waals surface area contributed by atoms with Gasteiger partial charge in [-0.1, -0.05) is 42.5 Å². The smallest absolute Gasteiger partial charge is 0.274 e. The molecule has 0 radical (unpaired) electrons. The van der Waals surface area contributed by atoms with Crippen LogP contribution >= 0.6 is 0 Å². The summed E-state index contributed by atoms with van der Waals surface area (Å²) in [4.78, 5) is 40.7. The van der Waals surface area contributed by atoms with E-state index in [0.717, 1.165) is 5.69 Å². The van der Waals surface area contributed by atoms with Crippen molar-refractivity contribution in [3.05, 3.63) is 113 Å². The fraction of sp³-hybridized carbons (Fsp3) is 0.103. The number of nitrogens with zero attached hydrogens (tertiary/aromatic N) is 5. The summed E-state index contributed by atoms with van der Waals surface area (Å²) in [7, 11) is 0. The number of carbonyl (C=O) groups is 2. The minimum absolute atomic E-state index is 0.00176. The van der Waals surface area contributed by atoms with Crippen LogP contribution in [0.25, 0.3) is 16.9 Å². The second kappa shape index (κ2) is 9.56. The monoisotopic (exact) mass is 519 g/mol. The number of hydrogen-bond donors (Lipinski definition) is 2.